The Morgan fingerprint density at radius 1 is 1.56 bits per heavy atom. The lowest BCUT2D eigenvalue weighted by Crippen LogP contribution is -2.45. The first-order valence-electron chi connectivity index (χ1n) is 6.61. The van der Waals surface area contributed by atoms with Gasteiger partial charge in [0.25, 0.3) is 5.56 Å². The Hall–Kier alpha value is -1.36. The fourth-order valence-electron chi connectivity index (χ4n) is 2.41. The lowest BCUT2D eigenvalue weighted by Gasteiger charge is -2.36. The molecule has 1 saturated heterocycles. The molecular weight excluding hydrogens is 228 g/mol. The van der Waals surface area contributed by atoms with Crippen LogP contribution in [0.5, 0.6) is 0 Å². The number of rotatable bonds is 3. The molecule has 2 heterocycles. The number of hydrogen-bond acceptors (Lipinski definition) is 4. The van der Waals surface area contributed by atoms with Gasteiger partial charge in [-0.3, -0.25) is 4.79 Å². The maximum atomic E-state index is 11.6. The molecular formula is C13H22N4O. The minimum absolute atomic E-state index is 0.0520. The summed E-state index contributed by atoms with van der Waals surface area (Å²) in [7, 11) is 4.22. The van der Waals surface area contributed by atoms with E-state index in [2.05, 4.69) is 33.9 Å². The van der Waals surface area contributed by atoms with Crippen LogP contribution in [0.1, 0.15) is 25.6 Å². The van der Waals surface area contributed by atoms with Gasteiger partial charge < -0.3 is 14.8 Å². The van der Waals surface area contributed by atoms with Crippen LogP contribution < -0.4 is 10.5 Å². The van der Waals surface area contributed by atoms with Crippen molar-refractivity contribution < 1.29 is 0 Å². The van der Waals surface area contributed by atoms with Crippen molar-refractivity contribution in [1.29, 1.82) is 0 Å². The topological polar surface area (TPSA) is 52.2 Å². The fourth-order valence-corrected chi connectivity index (χ4v) is 2.41. The Balaban J connectivity index is 2.20. The summed E-state index contributed by atoms with van der Waals surface area (Å²) < 4.78 is 0. The Morgan fingerprint density at radius 2 is 2.33 bits per heavy atom. The molecule has 0 aliphatic carbocycles. The van der Waals surface area contributed by atoms with E-state index in [1.54, 1.807) is 6.07 Å². The lowest BCUT2D eigenvalue weighted by atomic mass is 10.1. The molecule has 1 atom stereocenters. The summed E-state index contributed by atoms with van der Waals surface area (Å²) in [4.78, 5) is 23.4. The third kappa shape index (κ3) is 2.90. The molecule has 1 fully saturated rings. The Bertz CT molecular complexity index is 455. The van der Waals surface area contributed by atoms with Crippen LogP contribution >= 0.6 is 0 Å². The van der Waals surface area contributed by atoms with Gasteiger partial charge >= 0.3 is 0 Å². The van der Waals surface area contributed by atoms with E-state index in [1.165, 1.54) is 6.42 Å². The summed E-state index contributed by atoms with van der Waals surface area (Å²) in [6.45, 7) is 3.94. The zero-order valence-corrected chi connectivity index (χ0v) is 11.4. The third-order valence-corrected chi connectivity index (χ3v) is 3.56. The van der Waals surface area contributed by atoms with Crippen LogP contribution in [0, 0.1) is 0 Å². The van der Waals surface area contributed by atoms with Crippen molar-refractivity contribution in [3.05, 3.63) is 22.2 Å². The van der Waals surface area contributed by atoms with Crippen molar-refractivity contribution in [3.8, 4) is 0 Å². The van der Waals surface area contributed by atoms with Crippen LogP contribution in [0.4, 0.5) is 5.82 Å². The minimum atomic E-state index is -0.0520. The molecule has 100 valence electrons. The maximum absolute atomic E-state index is 11.6. The monoisotopic (exact) mass is 250 g/mol. The number of nitrogens with zero attached hydrogens (tertiary/aromatic N) is 3. The maximum Gasteiger partial charge on any atom is 0.252 e. The molecule has 1 aliphatic heterocycles. The smallest absolute Gasteiger partial charge is 0.252 e. The summed E-state index contributed by atoms with van der Waals surface area (Å²) in [5.74, 6) is 1.59. The zero-order valence-electron chi connectivity index (χ0n) is 11.4. The highest BCUT2D eigenvalue weighted by Crippen LogP contribution is 2.18. The van der Waals surface area contributed by atoms with Gasteiger partial charge in [-0.25, -0.2) is 4.98 Å². The van der Waals surface area contributed by atoms with Gasteiger partial charge in [0.2, 0.25) is 0 Å². The van der Waals surface area contributed by atoms with E-state index in [9.17, 15) is 4.79 Å². The quantitative estimate of drug-likeness (QED) is 0.864. The van der Waals surface area contributed by atoms with Gasteiger partial charge in [0.1, 0.15) is 11.6 Å². The van der Waals surface area contributed by atoms with Crippen molar-refractivity contribution in [2.45, 2.75) is 32.2 Å². The molecule has 1 aromatic rings. The van der Waals surface area contributed by atoms with Crippen molar-refractivity contribution in [3.63, 3.8) is 0 Å². The van der Waals surface area contributed by atoms with Crippen molar-refractivity contribution in [1.82, 2.24) is 14.9 Å². The van der Waals surface area contributed by atoms with E-state index >= 15 is 0 Å². The molecule has 0 aromatic carbocycles. The molecule has 5 heteroatoms. The highest BCUT2D eigenvalue weighted by molar-refractivity contribution is 5.38. The first-order valence-corrected chi connectivity index (χ1v) is 6.61. The fraction of sp³-hybridized carbons (Fsp3) is 0.692. The zero-order chi connectivity index (χ0) is 13.1. The van der Waals surface area contributed by atoms with Crippen LogP contribution in [0.25, 0.3) is 0 Å². The molecule has 5 nitrogen and oxygen atoms in total. The second-order valence-electron chi connectivity index (χ2n) is 5.11. The van der Waals surface area contributed by atoms with Gasteiger partial charge in [0.15, 0.2) is 0 Å². The second-order valence-corrected chi connectivity index (χ2v) is 5.11. The molecule has 0 radical (unpaired) electrons. The van der Waals surface area contributed by atoms with Crippen LogP contribution in [0.3, 0.4) is 0 Å². The third-order valence-electron chi connectivity index (χ3n) is 3.56. The number of H-pyrrole nitrogens is 1. The average molecular weight is 250 g/mol. The van der Waals surface area contributed by atoms with E-state index in [0.29, 0.717) is 6.04 Å². The molecule has 18 heavy (non-hydrogen) atoms. The van der Waals surface area contributed by atoms with E-state index in [0.717, 1.165) is 37.6 Å². The van der Waals surface area contributed by atoms with Gasteiger partial charge in [-0.1, -0.05) is 6.92 Å². The lowest BCUT2D eigenvalue weighted by molar-refractivity contribution is 0.257. The summed E-state index contributed by atoms with van der Waals surface area (Å²) in [5.41, 5.74) is -0.0520. The van der Waals surface area contributed by atoms with Crippen LogP contribution in [-0.2, 0) is 6.42 Å². The number of anilines is 1. The van der Waals surface area contributed by atoms with E-state index in [1.807, 2.05) is 6.92 Å². The molecule has 0 amide bonds. The summed E-state index contributed by atoms with van der Waals surface area (Å²) in [6.07, 6.45) is 3.13. The Morgan fingerprint density at radius 3 is 3.00 bits per heavy atom. The van der Waals surface area contributed by atoms with Crippen LogP contribution in [0.2, 0.25) is 0 Å². The normalized spacial score (nSPS) is 20.4. The van der Waals surface area contributed by atoms with Crippen LogP contribution in [0.15, 0.2) is 10.9 Å². The summed E-state index contributed by atoms with van der Waals surface area (Å²) >= 11 is 0. The molecule has 1 aliphatic rings. The minimum Gasteiger partial charge on any atom is -0.355 e. The molecule has 1 unspecified atom stereocenters. The SMILES string of the molecule is CCc1nc(N2CCCC(N(C)C)C2)cc(=O)[nH]1. The number of nitrogens with one attached hydrogen (secondary N) is 1. The van der Waals surface area contributed by atoms with E-state index in [4.69, 9.17) is 0 Å². The van der Waals surface area contributed by atoms with Crippen molar-refractivity contribution in [2.24, 2.45) is 0 Å². The molecule has 0 spiro atoms. The number of aromatic nitrogens is 2. The number of hydrogen-bond donors (Lipinski definition) is 1. The van der Waals surface area contributed by atoms with Gasteiger partial charge in [-0.2, -0.15) is 0 Å². The molecule has 1 aromatic heterocycles. The van der Waals surface area contributed by atoms with Gasteiger partial charge in [-0.05, 0) is 26.9 Å². The van der Waals surface area contributed by atoms with E-state index in [-0.39, 0.29) is 5.56 Å². The number of aryl methyl sites for hydroxylation is 1. The van der Waals surface area contributed by atoms with Gasteiger partial charge in [0, 0.05) is 31.6 Å². The predicted octanol–water partition coefficient (Wildman–Crippen LogP) is 0.863. The average Bonchev–Trinajstić information content (AvgIpc) is 2.38. The van der Waals surface area contributed by atoms with E-state index < -0.39 is 0 Å². The predicted molar refractivity (Wildman–Crippen MR) is 73.2 cm³/mol. The standard InChI is InChI=1S/C13H22N4O/c1-4-11-14-12(8-13(18)15-11)17-7-5-6-10(9-17)16(2)3/h8,10H,4-7,9H2,1-3H3,(H,14,15,18). The Labute approximate surface area is 108 Å². The highest BCUT2D eigenvalue weighted by atomic mass is 16.1. The largest absolute Gasteiger partial charge is 0.355 e. The Kier molecular flexibility index (Phi) is 4.01. The van der Waals surface area contributed by atoms with Gasteiger partial charge in [-0.15, -0.1) is 0 Å². The van der Waals surface area contributed by atoms with Crippen molar-refractivity contribution in [2.75, 3.05) is 32.1 Å². The second kappa shape index (κ2) is 5.52. The van der Waals surface area contributed by atoms with Crippen molar-refractivity contribution >= 4 is 5.82 Å². The number of piperidine rings is 1. The first kappa shape index (κ1) is 13.1. The number of aromatic amines is 1. The number of likely N-dealkylation sites (N-methyl/N-ethyl adjacent to an activating group) is 1. The highest BCUT2D eigenvalue weighted by Gasteiger charge is 2.22. The summed E-state index contributed by atoms with van der Waals surface area (Å²) in [5, 5.41) is 0. The molecule has 2 rings (SSSR count). The molecule has 0 bridgehead atoms. The molecule has 0 saturated carbocycles. The first-order chi connectivity index (χ1) is 8.60. The molecule has 1 N–H and O–H groups in total. The summed E-state index contributed by atoms with van der Waals surface area (Å²) in [6, 6.07) is 2.15. The van der Waals surface area contributed by atoms with Crippen LogP contribution in [-0.4, -0.2) is 48.1 Å². The van der Waals surface area contributed by atoms with Gasteiger partial charge in [0.05, 0.1) is 0 Å².